The van der Waals surface area contributed by atoms with E-state index in [1.807, 2.05) is 4.57 Å². The van der Waals surface area contributed by atoms with Gasteiger partial charge in [0, 0.05) is 0 Å². The maximum atomic E-state index is 12.6. The molecule has 1 heterocycles. The predicted octanol–water partition coefficient (Wildman–Crippen LogP) is 3.08. The minimum absolute atomic E-state index is 0.0887. The van der Waals surface area contributed by atoms with E-state index in [1.54, 1.807) is 6.92 Å². The first-order valence-electron chi connectivity index (χ1n) is 7.74. The molecule has 0 aromatic rings. The molecule has 1 amide bonds. The van der Waals surface area contributed by atoms with Crippen molar-refractivity contribution >= 4 is 22.2 Å². The van der Waals surface area contributed by atoms with Crippen LogP contribution in [0.2, 0.25) is 37.8 Å². The van der Waals surface area contributed by atoms with Crippen LogP contribution >= 0.6 is 0 Å². The van der Waals surface area contributed by atoms with Crippen molar-refractivity contribution in [3.63, 3.8) is 0 Å². The molecule has 0 bridgehead atoms. The zero-order valence-electron chi connectivity index (χ0n) is 15.0. The van der Waals surface area contributed by atoms with Crippen molar-refractivity contribution in [2.24, 2.45) is 5.92 Å². The van der Waals surface area contributed by atoms with Crippen LogP contribution in [-0.4, -0.2) is 44.0 Å². The van der Waals surface area contributed by atoms with Gasteiger partial charge in [-0.05, 0) is 12.0 Å². The number of carbonyl (C=O) groups is 1. The van der Waals surface area contributed by atoms with Crippen molar-refractivity contribution in [2.45, 2.75) is 77.6 Å². The largest absolute Gasteiger partial charge is 0.392 e. The van der Waals surface area contributed by atoms with Gasteiger partial charge in [-0.15, -0.1) is 5.54 Å². The predicted molar refractivity (Wildman–Crippen MR) is 94.1 cm³/mol. The van der Waals surface area contributed by atoms with E-state index < -0.39 is 22.4 Å². The number of β-lactam (4-membered cyclic amide) rings is 1. The van der Waals surface area contributed by atoms with E-state index in [2.05, 4.69) is 65.0 Å². The van der Waals surface area contributed by atoms with Crippen molar-refractivity contribution in [1.29, 1.82) is 0 Å². The standard InChI is InChI=1S/C16H31NO2Si2/c1-12(18)14-13(10-11-20(5,6)7)17(15(14)19)21(8,9)16(2,3)4/h12-14,18H,1-9H3/t12-,13?,14?/m1/s1. The molecule has 2 unspecified atom stereocenters. The van der Waals surface area contributed by atoms with Crippen LogP contribution in [0.15, 0.2) is 0 Å². The van der Waals surface area contributed by atoms with E-state index in [4.69, 9.17) is 0 Å². The Balaban J connectivity index is 3.19. The number of hydrogen-bond donors (Lipinski definition) is 1. The number of aliphatic hydroxyl groups is 1. The molecular formula is C16H31NO2Si2. The van der Waals surface area contributed by atoms with Gasteiger partial charge in [-0.25, -0.2) is 0 Å². The summed E-state index contributed by atoms with van der Waals surface area (Å²) in [6.45, 7) is 19.4. The normalized spacial score (nSPS) is 25.0. The van der Waals surface area contributed by atoms with Gasteiger partial charge in [0.05, 0.1) is 18.1 Å². The van der Waals surface area contributed by atoms with Gasteiger partial charge in [0.2, 0.25) is 5.91 Å². The Bertz CT molecular complexity index is 475. The molecule has 0 aliphatic carbocycles. The van der Waals surface area contributed by atoms with Crippen LogP contribution in [0.4, 0.5) is 0 Å². The molecule has 21 heavy (non-hydrogen) atoms. The first kappa shape index (κ1) is 18.5. The van der Waals surface area contributed by atoms with Gasteiger partial charge in [-0.2, -0.15) is 0 Å². The molecule has 0 aromatic heterocycles. The molecule has 0 radical (unpaired) electrons. The second kappa shape index (κ2) is 5.56. The lowest BCUT2D eigenvalue weighted by Crippen LogP contribution is -2.74. The van der Waals surface area contributed by atoms with Gasteiger partial charge in [-0.3, -0.25) is 4.79 Å². The van der Waals surface area contributed by atoms with E-state index in [0.717, 1.165) is 0 Å². The highest BCUT2D eigenvalue weighted by molar-refractivity contribution is 6.84. The number of rotatable bonds is 2. The van der Waals surface area contributed by atoms with Gasteiger partial charge in [0.25, 0.3) is 0 Å². The SMILES string of the molecule is C[C@@H](O)C1C(=O)N([Si](C)(C)C(C)(C)C)C1C#C[Si](C)(C)C. The van der Waals surface area contributed by atoms with Crippen LogP contribution in [0.3, 0.4) is 0 Å². The van der Waals surface area contributed by atoms with Crippen molar-refractivity contribution in [3.05, 3.63) is 0 Å². The van der Waals surface area contributed by atoms with Crippen LogP contribution in [-0.2, 0) is 4.79 Å². The summed E-state index contributed by atoms with van der Waals surface area (Å²) in [4.78, 5) is 12.6. The zero-order chi connectivity index (χ0) is 16.8. The van der Waals surface area contributed by atoms with Gasteiger partial charge < -0.3 is 9.67 Å². The highest BCUT2D eigenvalue weighted by Crippen LogP contribution is 2.45. The summed E-state index contributed by atoms with van der Waals surface area (Å²) in [5.41, 5.74) is 3.39. The molecule has 1 rings (SSSR count). The Morgan fingerprint density at radius 1 is 1.19 bits per heavy atom. The number of hydrogen-bond acceptors (Lipinski definition) is 2. The highest BCUT2D eigenvalue weighted by atomic mass is 28.3. The Kier molecular flexibility index (Phi) is 4.89. The molecule has 120 valence electrons. The Labute approximate surface area is 132 Å². The molecule has 0 saturated carbocycles. The zero-order valence-corrected chi connectivity index (χ0v) is 17.0. The van der Waals surface area contributed by atoms with E-state index >= 15 is 0 Å². The average molecular weight is 326 g/mol. The molecule has 1 N–H and O–H groups in total. The van der Waals surface area contributed by atoms with Crippen LogP contribution in [0.1, 0.15) is 27.7 Å². The molecule has 1 fully saturated rings. The molecule has 1 saturated heterocycles. The van der Waals surface area contributed by atoms with Crippen molar-refractivity contribution in [3.8, 4) is 11.5 Å². The van der Waals surface area contributed by atoms with Gasteiger partial charge >= 0.3 is 0 Å². The van der Waals surface area contributed by atoms with Crippen LogP contribution < -0.4 is 0 Å². The molecule has 1 aliphatic heterocycles. The number of amides is 1. The fourth-order valence-corrected chi connectivity index (χ4v) is 5.33. The summed E-state index contributed by atoms with van der Waals surface area (Å²) in [6, 6.07) is -0.106. The summed E-state index contributed by atoms with van der Waals surface area (Å²) in [5, 5.41) is 10.0. The average Bonchev–Trinajstić information content (AvgIpc) is 2.19. The lowest BCUT2D eigenvalue weighted by atomic mass is 9.86. The molecule has 5 heteroatoms. The quantitative estimate of drug-likeness (QED) is 0.481. The Morgan fingerprint density at radius 2 is 1.67 bits per heavy atom. The van der Waals surface area contributed by atoms with Crippen molar-refractivity contribution in [1.82, 2.24) is 4.57 Å². The second-order valence-corrected chi connectivity index (χ2v) is 18.6. The monoisotopic (exact) mass is 325 g/mol. The summed E-state index contributed by atoms with van der Waals surface area (Å²) in [6.07, 6.45) is -0.626. The van der Waals surface area contributed by atoms with Gasteiger partial charge in [-0.1, -0.05) is 59.4 Å². The second-order valence-electron chi connectivity index (χ2n) is 8.75. The summed E-state index contributed by atoms with van der Waals surface area (Å²) in [5.74, 6) is 3.09. The first-order valence-corrected chi connectivity index (χ1v) is 14.2. The first-order chi connectivity index (χ1) is 9.20. The van der Waals surface area contributed by atoms with Gasteiger partial charge in [0.15, 0.2) is 8.24 Å². The third-order valence-electron chi connectivity index (χ3n) is 4.69. The number of aliphatic hydroxyl groups excluding tert-OH is 1. The Morgan fingerprint density at radius 3 is 2.00 bits per heavy atom. The van der Waals surface area contributed by atoms with Crippen LogP contribution in [0.5, 0.6) is 0 Å². The summed E-state index contributed by atoms with van der Waals surface area (Å²) >= 11 is 0. The maximum absolute atomic E-state index is 12.6. The molecule has 1 aliphatic rings. The van der Waals surface area contributed by atoms with Gasteiger partial charge in [0.1, 0.15) is 8.07 Å². The summed E-state index contributed by atoms with van der Waals surface area (Å²) in [7, 11) is -3.43. The van der Waals surface area contributed by atoms with E-state index in [-0.39, 0.29) is 22.9 Å². The van der Waals surface area contributed by atoms with E-state index in [9.17, 15) is 9.90 Å². The lowest BCUT2D eigenvalue weighted by molar-refractivity contribution is -0.151. The molecule has 0 spiro atoms. The lowest BCUT2D eigenvalue weighted by Gasteiger charge is -2.57. The third kappa shape index (κ3) is 3.61. The summed E-state index contributed by atoms with van der Waals surface area (Å²) < 4.78 is 2.03. The van der Waals surface area contributed by atoms with Crippen LogP contribution in [0.25, 0.3) is 0 Å². The topological polar surface area (TPSA) is 40.5 Å². The maximum Gasteiger partial charge on any atom is 0.224 e. The van der Waals surface area contributed by atoms with Crippen molar-refractivity contribution < 1.29 is 9.90 Å². The highest BCUT2D eigenvalue weighted by Gasteiger charge is 2.58. The Hall–Kier alpha value is -0.576. The third-order valence-corrected chi connectivity index (χ3v) is 11.0. The smallest absolute Gasteiger partial charge is 0.224 e. The minimum Gasteiger partial charge on any atom is -0.392 e. The molecular weight excluding hydrogens is 294 g/mol. The fourth-order valence-electron chi connectivity index (χ4n) is 2.41. The fraction of sp³-hybridized carbons (Fsp3) is 0.812. The van der Waals surface area contributed by atoms with E-state index in [1.165, 1.54) is 0 Å². The molecule has 0 aromatic carbocycles. The minimum atomic E-state index is -1.95. The molecule has 3 atom stereocenters. The number of nitrogens with zero attached hydrogens (tertiary/aromatic N) is 1. The molecule has 3 nitrogen and oxygen atoms in total. The van der Waals surface area contributed by atoms with E-state index in [0.29, 0.717) is 0 Å². The van der Waals surface area contributed by atoms with Crippen LogP contribution in [0, 0.1) is 17.4 Å². The van der Waals surface area contributed by atoms with Crippen molar-refractivity contribution in [2.75, 3.05) is 0 Å². The number of carbonyl (C=O) groups excluding carboxylic acids is 1.